The highest BCUT2D eigenvalue weighted by molar-refractivity contribution is 5.83. The normalized spacial score (nSPS) is 17.3. The zero-order valence-electron chi connectivity index (χ0n) is 19.4. The van der Waals surface area contributed by atoms with Crippen LogP contribution in [0.15, 0.2) is 53.3 Å². The molecule has 1 atom stereocenters. The summed E-state index contributed by atoms with van der Waals surface area (Å²) >= 11 is 0. The third kappa shape index (κ3) is 4.72. The predicted octanol–water partition coefficient (Wildman–Crippen LogP) is 3.45. The minimum Gasteiger partial charge on any atom is -0.454 e. The SMILES string of the molecule is CCN1CCCC1CN(Cc1cc2cc3c(cc2[nH]c1=O)OCO3)C(=O)NCc1ccccc1. The van der Waals surface area contributed by atoms with E-state index in [9.17, 15) is 9.59 Å². The number of carbonyl (C=O) groups excluding carboxylic acids is 1. The number of nitrogens with one attached hydrogen (secondary N) is 2. The maximum Gasteiger partial charge on any atom is 0.318 e. The molecule has 0 radical (unpaired) electrons. The molecule has 0 bridgehead atoms. The van der Waals surface area contributed by atoms with Crippen molar-refractivity contribution in [3.8, 4) is 11.5 Å². The maximum absolute atomic E-state index is 13.3. The highest BCUT2D eigenvalue weighted by Crippen LogP contribution is 2.35. The zero-order valence-corrected chi connectivity index (χ0v) is 19.4. The number of likely N-dealkylation sites (tertiary alicyclic amines) is 1. The maximum atomic E-state index is 13.3. The van der Waals surface area contributed by atoms with Crippen LogP contribution in [-0.2, 0) is 13.1 Å². The summed E-state index contributed by atoms with van der Waals surface area (Å²) in [5.41, 5.74) is 2.06. The fourth-order valence-corrected chi connectivity index (χ4v) is 4.84. The molecule has 8 nitrogen and oxygen atoms in total. The molecule has 1 aromatic heterocycles. The second-order valence-corrected chi connectivity index (χ2v) is 8.87. The number of ether oxygens (including phenoxy) is 2. The van der Waals surface area contributed by atoms with Gasteiger partial charge in [0.15, 0.2) is 11.5 Å². The van der Waals surface area contributed by atoms with Crippen LogP contribution in [0.5, 0.6) is 11.5 Å². The topological polar surface area (TPSA) is 86.9 Å². The van der Waals surface area contributed by atoms with Gasteiger partial charge < -0.3 is 24.7 Å². The van der Waals surface area contributed by atoms with Crippen molar-refractivity contribution in [3.05, 3.63) is 70.0 Å². The van der Waals surface area contributed by atoms with Crippen molar-refractivity contribution in [1.29, 1.82) is 0 Å². The summed E-state index contributed by atoms with van der Waals surface area (Å²) in [6, 6.07) is 15.5. The number of benzene rings is 2. The number of hydrogen-bond acceptors (Lipinski definition) is 5. The van der Waals surface area contributed by atoms with Gasteiger partial charge >= 0.3 is 6.03 Å². The quantitative estimate of drug-likeness (QED) is 0.562. The molecule has 3 heterocycles. The number of nitrogens with zero attached hydrogens (tertiary/aromatic N) is 2. The molecule has 2 aliphatic heterocycles. The molecule has 0 aliphatic carbocycles. The van der Waals surface area contributed by atoms with E-state index >= 15 is 0 Å². The van der Waals surface area contributed by atoms with Crippen LogP contribution in [0, 0.1) is 0 Å². The Morgan fingerprint density at radius 1 is 1.18 bits per heavy atom. The van der Waals surface area contributed by atoms with Gasteiger partial charge in [0.25, 0.3) is 5.56 Å². The van der Waals surface area contributed by atoms with Gasteiger partial charge in [-0.15, -0.1) is 0 Å². The van der Waals surface area contributed by atoms with Crippen molar-refractivity contribution in [1.82, 2.24) is 20.1 Å². The largest absolute Gasteiger partial charge is 0.454 e. The molecule has 2 amide bonds. The van der Waals surface area contributed by atoms with Gasteiger partial charge in [-0.25, -0.2) is 4.79 Å². The highest BCUT2D eigenvalue weighted by atomic mass is 16.7. The lowest BCUT2D eigenvalue weighted by Crippen LogP contribution is -2.47. The van der Waals surface area contributed by atoms with Crippen molar-refractivity contribution in [2.24, 2.45) is 0 Å². The van der Waals surface area contributed by atoms with Gasteiger partial charge in [-0.2, -0.15) is 0 Å². The Hall–Kier alpha value is -3.52. The van der Waals surface area contributed by atoms with Gasteiger partial charge in [-0.3, -0.25) is 9.69 Å². The molecule has 1 unspecified atom stereocenters. The van der Waals surface area contributed by atoms with Crippen LogP contribution in [0.3, 0.4) is 0 Å². The van der Waals surface area contributed by atoms with Crippen LogP contribution in [0.4, 0.5) is 4.79 Å². The Labute approximate surface area is 198 Å². The molecule has 34 heavy (non-hydrogen) atoms. The molecule has 8 heteroatoms. The van der Waals surface area contributed by atoms with Crippen molar-refractivity contribution in [2.75, 3.05) is 26.4 Å². The van der Waals surface area contributed by atoms with Crippen LogP contribution < -0.4 is 20.3 Å². The van der Waals surface area contributed by atoms with Gasteiger partial charge in [-0.05, 0) is 43.6 Å². The molecule has 2 N–H and O–H groups in total. The van der Waals surface area contributed by atoms with Gasteiger partial charge in [0.1, 0.15) is 0 Å². The fraction of sp³-hybridized carbons (Fsp3) is 0.385. The minimum absolute atomic E-state index is 0.169. The smallest absolute Gasteiger partial charge is 0.318 e. The van der Waals surface area contributed by atoms with Crippen LogP contribution in [0.2, 0.25) is 0 Å². The number of amides is 2. The lowest BCUT2D eigenvalue weighted by molar-refractivity contribution is 0.164. The number of aromatic amines is 1. The van der Waals surface area contributed by atoms with E-state index in [4.69, 9.17) is 9.47 Å². The van der Waals surface area contributed by atoms with E-state index in [0.29, 0.717) is 41.7 Å². The zero-order chi connectivity index (χ0) is 23.5. The molecular formula is C26H30N4O4. The summed E-state index contributed by atoms with van der Waals surface area (Å²) in [4.78, 5) is 33.3. The Balaban J connectivity index is 1.39. The van der Waals surface area contributed by atoms with Crippen molar-refractivity contribution in [3.63, 3.8) is 0 Å². The summed E-state index contributed by atoms with van der Waals surface area (Å²) in [5.74, 6) is 1.28. The predicted molar refractivity (Wildman–Crippen MR) is 130 cm³/mol. The molecular weight excluding hydrogens is 432 g/mol. The summed E-state index contributed by atoms with van der Waals surface area (Å²) in [6.45, 7) is 5.57. The van der Waals surface area contributed by atoms with Crippen molar-refractivity contribution in [2.45, 2.75) is 38.9 Å². The Morgan fingerprint density at radius 2 is 1.97 bits per heavy atom. The first kappa shape index (κ1) is 22.3. The van der Waals surface area contributed by atoms with E-state index in [1.165, 1.54) is 0 Å². The summed E-state index contributed by atoms with van der Waals surface area (Å²) in [7, 11) is 0. The van der Waals surface area contributed by atoms with E-state index in [1.54, 1.807) is 11.0 Å². The summed E-state index contributed by atoms with van der Waals surface area (Å²) in [6.07, 6.45) is 2.18. The molecule has 3 aromatic rings. The molecule has 1 fully saturated rings. The average Bonchev–Trinajstić information content (AvgIpc) is 3.50. The molecule has 0 spiro atoms. The van der Waals surface area contributed by atoms with E-state index in [0.717, 1.165) is 36.9 Å². The number of aromatic nitrogens is 1. The number of H-pyrrole nitrogens is 1. The molecule has 1 saturated heterocycles. The summed E-state index contributed by atoms with van der Waals surface area (Å²) in [5, 5.41) is 3.88. The van der Waals surface area contributed by atoms with Gasteiger partial charge in [0, 0.05) is 36.1 Å². The Bertz CT molecular complexity index is 1230. The Morgan fingerprint density at radius 3 is 2.76 bits per heavy atom. The van der Waals surface area contributed by atoms with Crippen LogP contribution in [0.25, 0.3) is 10.9 Å². The third-order valence-corrected chi connectivity index (χ3v) is 6.69. The molecule has 2 aromatic carbocycles. The molecule has 5 rings (SSSR count). The first-order valence-electron chi connectivity index (χ1n) is 11.9. The molecule has 0 saturated carbocycles. The standard InChI is InChI=1S/C26H30N4O4/c1-2-29-10-6-9-21(29)16-30(26(32)27-14-18-7-4-3-5-8-18)15-20-11-19-12-23-24(34-17-33-23)13-22(19)28-25(20)31/h3-5,7-8,11-13,21H,2,6,9-10,14-17H2,1H3,(H,27,32)(H,28,31). The van der Waals surface area contributed by atoms with Crippen LogP contribution in [-0.4, -0.2) is 53.3 Å². The number of fused-ring (bicyclic) bond motifs is 2. The lowest BCUT2D eigenvalue weighted by Gasteiger charge is -2.30. The third-order valence-electron chi connectivity index (χ3n) is 6.69. The molecule has 2 aliphatic rings. The fourth-order valence-electron chi connectivity index (χ4n) is 4.84. The van der Waals surface area contributed by atoms with Gasteiger partial charge in [-0.1, -0.05) is 37.3 Å². The number of likely N-dealkylation sites (N-methyl/N-ethyl adjacent to an activating group) is 1. The van der Waals surface area contributed by atoms with E-state index in [2.05, 4.69) is 22.1 Å². The monoisotopic (exact) mass is 462 g/mol. The number of hydrogen-bond donors (Lipinski definition) is 2. The lowest BCUT2D eigenvalue weighted by atomic mass is 10.1. The van der Waals surface area contributed by atoms with Crippen molar-refractivity contribution < 1.29 is 14.3 Å². The second kappa shape index (κ2) is 9.77. The number of urea groups is 1. The second-order valence-electron chi connectivity index (χ2n) is 8.87. The minimum atomic E-state index is -0.203. The van der Waals surface area contributed by atoms with Gasteiger partial charge in [0.05, 0.1) is 12.1 Å². The average molecular weight is 463 g/mol. The number of rotatable bonds is 7. The van der Waals surface area contributed by atoms with Crippen molar-refractivity contribution >= 4 is 16.9 Å². The summed E-state index contributed by atoms with van der Waals surface area (Å²) < 4.78 is 10.9. The highest BCUT2D eigenvalue weighted by Gasteiger charge is 2.28. The number of pyridine rings is 1. The first-order valence-corrected chi connectivity index (χ1v) is 11.9. The number of carbonyl (C=O) groups is 1. The van der Waals surface area contributed by atoms with E-state index < -0.39 is 0 Å². The Kier molecular flexibility index (Phi) is 6.40. The van der Waals surface area contributed by atoms with Gasteiger partial charge in [0.2, 0.25) is 6.79 Å². The van der Waals surface area contributed by atoms with Crippen LogP contribution >= 0.6 is 0 Å². The van der Waals surface area contributed by atoms with E-state index in [1.807, 2.05) is 42.5 Å². The van der Waals surface area contributed by atoms with Crippen LogP contribution in [0.1, 0.15) is 30.9 Å². The first-order chi connectivity index (χ1) is 16.6. The van der Waals surface area contributed by atoms with E-state index in [-0.39, 0.29) is 24.9 Å². The molecule has 178 valence electrons.